The van der Waals surface area contributed by atoms with E-state index in [4.69, 9.17) is 5.11 Å². The number of nitro benzene ring substituents is 1. The van der Waals surface area contributed by atoms with Gasteiger partial charge in [-0.15, -0.1) is 0 Å². The number of carbonyl (C=O) groups is 1. The Morgan fingerprint density at radius 1 is 1.36 bits per heavy atom. The molecule has 0 radical (unpaired) electrons. The van der Waals surface area contributed by atoms with E-state index in [0.29, 0.717) is 25.6 Å². The van der Waals surface area contributed by atoms with Gasteiger partial charge in [-0.2, -0.15) is 0 Å². The van der Waals surface area contributed by atoms with Crippen molar-refractivity contribution in [3.05, 3.63) is 33.9 Å². The summed E-state index contributed by atoms with van der Waals surface area (Å²) in [7, 11) is 0. The number of anilines is 1. The molecule has 1 saturated heterocycles. The first-order chi connectivity index (χ1) is 10.5. The molecule has 3 rings (SSSR count). The Kier molecular flexibility index (Phi) is 3.64. The van der Waals surface area contributed by atoms with E-state index in [1.165, 1.54) is 4.90 Å². The molecule has 118 valence electrons. The Hall–Kier alpha value is -2.31. The number of amides is 1. The fraction of sp³-hybridized carbons (Fsp3) is 0.533. The van der Waals surface area contributed by atoms with Crippen molar-refractivity contribution in [2.75, 3.05) is 24.5 Å². The summed E-state index contributed by atoms with van der Waals surface area (Å²) in [6.45, 7) is 3.55. The van der Waals surface area contributed by atoms with E-state index in [9.17, 15) is 14.9 Å². The highest BCUT2D eigenvalue weighted by Crippen LogP contribution is 2.45. The van der Waals surface area contributed by atoms with Gasteiger partial charge in [0.05, 0.1) is 4.92 Å². The van der Waals surface area contributed by atoms with E-state index < -0.39 is 6.09 Å². The Bertz CT molecular complexity index is 615. The van der Waals surface area contributed by atoms with Crippen molar-refractivity contribution in [1.29, 1.82) is 0 Å². The van der Waals surface area contributed by atoms with Crippen LogP contribution in [0.4, 0.5) is 16.2 Å². The zero-order valence-corrected chi connectivity index (χ0v) is 12.4. The van der Waals surface area contributed by atoms with Crippen LogP contribution in [-0.2, 0) is 0 Å². The van der Waals surface area contributed by atoms with Crippen LogP contribution < -0.4 is 4.90 Å². The molecular formula is C15H19N3O4. The van der Waals surface area contributed by atoms with Gasteiger partial charge in [0.15, 0.2) is 0 Å². The van der Waals surface area contributed by atoms with Crippen LogP contribution in [0.5, 0.6) is 0 Å². The van der Waals surface area contributed by atoms with Gasteiger partial charge in [0.1, 0.15) is 0 Å². The number of piperazine rings is 1. The molecule has 0 bridgehead atoms. The quantitative estimate of drug-likeness (QED) is 0.685. The van der Waals surface area contributed by atoms with Crippen molar-refractivity contribution in [2.45, 2.75) is 31.7 Å². The van der Waals surface area contributed by atoms with Crippen LogP contribution in [0, 0.1) is 10.1 Å². The number of hydrogen-bond acceptors (Lipinski definition) is 4. The highest BCUT2D eigenvalue weighted by atomic mass is 16.6. The zero-order valence-electron chi connectivity index (χ0n) is 12.4. The number of nitro groups is 1. The molecular weight excluding hydrogens is 286 g/mol. The monoisotopic (exact) mass is 305 g/mol. The molecule has 22 heavy (non-hydrogen) atoms. The third-order valence-electron chi connectivity index (χ3n) is 4.46. The minimum absolute atomic E-state index is 0.0918. The van der Waals surface area contributed by atoms with Crippen LogP contribution in [0.25, 0.3) is 0 Å². The minimum Gasteiger partial charge on any atom is -0.465 e. The van der Waals surface area contributed by atoms with E-state index >= 15 is 0 Å². The summed E-state index contributed by atoms with van der Waals surface area (Å²) < 4.78 is 0. The first-order valence-corrected chi connectivity index (χ1v) is 7.50. The summed E-state index contributed by atoms with van der Waals surface area (Å²) in [4.78, 5) is 25.5. The second kappa shape index (κ2) is 5.47. The van der Waals surface area contributed by atoms with Gasteiger partial charge in [0.25, 0.3) is 5.69 Å². The lowest BCUT2D eigenvalue weighted by molar-refractivity contribution is -0.385. The summed E-state index contributed by atoms with van der Waals surface area (Å²) in [6, 6.07) is 5.18. The van der Waals surface area contributed by atoms with Gasteiger partial charge in [0, 0.05) is 43.0 Å². The van der Waals surface area contributed by atoms with Crippen LogP contribution in [0.3, 0.4) is 0 Å². The van der Waals surface area contributed by atoms with Gasteiger partial charge in [-0.05, 0) is 37.8 Å². The average molecular weight is 305 g/mol. The Labute approximate surface area is 128 Å². The van der Waals surface area contributed by atoms with Crippen molar-refractivity contribution in [3.63, 3.8) is 0 Å². The van der Waals surface area contributed by atoms with Crippen LogP contribution in [0.15, 0.2) is 18.2 Å². The van der Waals surface area contributed by atoms with E-state index in [1.54, 1.807) is 12.1 Å². The molecule has 1 atom stereocenters. The van der Waals surface area contributed by atoms with E-state index in [2.05, 4.69) is 4.90 Å². The number of rotatable bonds is 3. The number of benzene rings is 1. The fourth-order valence-corrected chi connectivity index (χ4v) is 3.10. The maximum absolute atomic E-state index is 11.1. The standard InChI is InChI=1S/C15H19N3O4/c1-10-9-16(6-7-17(10)15(19)20)12-4-5-14(18(21)22)13(8-12)11-2-3-11/h4-5,8,10-11H,2-3,6-7,9H2,1H3,(H,19,20)/t10-/m1/s1. The summed E-state index contributed by atoms with van der Waals surface area (Å²) in [5.74, 6) is 0.304. The second-order valence-electron chi connectivity index (χ2n) is 6.05. The first kappa shape index (κ1) is 14.6. The molecule has 1 N–H and O–H groups in total. The Balaban J connectivity index is 1.82. The zero-order chi connectivity index (χ0) is 15.9. The summed E-state index contributed by atoms with van der Waals surface area (Å²) in [6.07, 6.45) is 1.12. The molecule has 1 aromatic rings. The molecule has 7 heteroatoms. The maximum atomic E-state index is 11.1. The van der Waals surface area contributed by atoms with Gasteiger partial charge >= 0.3 is 6.09 Å². The Morgan fingerprint density at radius 2 is 2.09 bits per heavy atom. The van der Waals surface area contributed by atoms with Gasteiger partial charge < -0.3 is 14.9 Å². The molecule has 7 nitrogen and oxygen atoms in total. The van der Waals surface area contributed by atoms with Crippen molar-refractivity contribution in [2.24, 2.45) is 0 Å². The van der Waals surface area contributed by atoms with Crippen LogP contribution >= 0.6 is 0 Å². The molecule has 0 aromatic heterocycles. The lowest BCUT2D eigenvalue weighted by Crippen LogP contribution is -2.53. The lowest BCUT2D eigenvalue weighted by atomic mass is 10.1. The number of hydrogen-bond donors (Lipinski definition) is 1. The van der Waals surface area contributed by atoms with Crippen molar-refractivity contribution < 1.29 is 14.8 Å². The lowest BCUT2D eigenvalue weighted by Gasteiger charge is -2.39. The van der Waals surface area contributed by atoms with Crippen LogP contribution in [0.1, 0.15) is 31.2 Å². The Morgan fingerprint density at radius 3 is 2.64 bits per heavy atom. The van der Waals surface area contributed by atoms with Crippen LogP contribution in [-0.4, -0.2) is 46.7 Å². The van der Waals surface area contributed by atoms with Crippen molar-refractivity contribution >= 4 is 17.5 Å². The maximum Gasteiger partial charge on any atom is 0.407 e. The predicted octanol–water partition coefficient (Wildman–Crippen LogP) is 2.66. The topological polar surface area (TPSA) is 86.9 Å². The van der Waals surface area contributed by atoms with Crippen LogP contribution in [0.2, 0.25) is 0 Å². The smallest absolute Gasteiger partial charge is 0.407 e. The molecule has 1 amide bonds. The van der Waals surface area contributed by atoms with Crippen molar-refractivity contribution in [3.8, 4) is 0 Å². The summed E-state index contributed by atoms with van der Waals surface area (Å²) in [5, 5.41) is 20.3. The van der Waals surface area contributed by atoms with Gasteiger partial charge in [-0.3, -0.25) is 10.1 Å². The summed E-state index contributed by atoms with van der Waals surface area (Å²) in [5.41, 5.74) is 1.96. The molecule has 1 saturated carbocycles. The van der Waals surface area contributed by atoms with E-state index in [1.807, 2.05) is 13.0 Å². The summed E-state index contributed by atoms with van der Waals surface area (Å²) >= 11 is 0. The minimum atomic E-state index is -0.894. The molecule has 1 aliphatic carbocycles. The SMILES string of the molecule is C[C@@H]1CN(c2ccc([N+](=O)[O-])c(C3CC3)c2)CCN1C(=O)O. The second-order valence-corrected chi connectivity index (χ2v) is 6.05. The third kappa shape index (κ3) is 2.70. The van der Waals surface area contributed by atoms with Gasteiger partial charge in [-0.25, -0.2) is 4.79 Å². The highest BCUT2D eigenvalue weighted by Gasteiger charge is 2.32. The highest BCUT2D eigenvalue weighted by molar-refractivity contribution is 5.66. The van der Waals surface area contributed by atoms with E-state index in [-0.39, 0.29) is 16.7 Å². The number of carboxylic acid groups (broad SMARTS) is 1. The number of nitrogens with zero attached hydrogens (tertiary/aromatic N) is 3. The van der Waals surface area contributed by atoms with Gasteiger partial charge in [-0.1, -0.05) is 0 Å². The molecule has 1 heterocycles. The molecule has 1 aliphatic heterocycles. The molecule has 0 unspecified atom stereocenters. The molecule has 2 aliphatic rings. The van der Waals surface area contributed by atoms with Crippen molar-refractivity contribution in [1.82, 2.24) is 4.90 Å². The first-order valence-electron chi connectivity index (χ1n) is 7.50. The fourth-order valence-electron chi connectivity index (χ4n) is 3.10. The normalized spacial score (nSPS) is 21.8. The molecule has 2 fully saturated rings. The largest absolute Gasteiger partial charge is 0.465 e. The third-order valence-corrected chi connectivity index (χ3v) is 4.46. The average Bonchev–Trinajstić information content (AvgIpc) is 3.30. The van der Waals surface area contributed by atoms with E-state index in [0.717, 1.165) is 24.1 Å². The molecule has 0 spiro atoms. The predicted molar refractivity (Wildman–Crippen MR) is 81.5 cm³/mol. The molecule has 1 aromatic carbocycles. The van der Waals surface area contributed by atoms with Gasteiger partial charge in [0.2, 0.25) is 0 Å².